The average Bonchev–Trinajstić information content (AvgIpc) is 2.55. The summed E-state index contributed by atoms with van der Waals surface area (Å²) in [6, 6.07) is 3.31. The van der Waals surface area contributed by atoms with Crippen LogP contribution in [-0.2, 0) is 10.0 Å². The minimum Gasteiger partial charge on any atom is -0.377 e. The van der Waals surface area contributed by atoms with Crippen LogP contribution < -0.4 is 5.32 Å². The number of nitrogens with one attached hydrogen (secondary N) is 1. The van der Waals surface area contributed by atoms with Crippen molar-refractivity contribution in [3.8, 4) is 0 Å². The van der Waals surface area contributed by atoms with Gasteiger partial charge in [-0.2, -0.15) is 0 Å². The van der Waals surface area contributed by atoms with Gasteiger partial charge in [0.1, 0.15) is 5.69 Å². The number of rotatable bonds is 7. The summed E-state index contributed by atoms with van der Waals surface area (Å²) in [5.74, 6) is 0.110. The van der Waals surface area contributed by atoms with Crippen LogP contribution in [0, 0.1) is 20.2 Å². The Morgan fingerprint density at radius 3 is 2.36 bits per heavy atom. The van der Waals surface area contributed by atoms with E-state index in [2.05, 4.69) is 5.32 Å². The lowest BCUT2D eigenvalue weighted by Crippen LogP contribution is -2.43. The Morgan fingerprint density at radius 2 is 1.84 bits per heavy atom. The van der Waals surface area contributed by atoms with E-state index in [9.17, 15) is 28.6 Å². The van der Waals surface area contributed by atoms with Crippen LogP contribution in [0.15, 0.2) is 18.2 Å². The monoisotopic (exact) mass is 372 g/mol. The van der Waals surface area contributed by atoms with Gasteiger partial charge in [-0.1, -0.05) is 6.92 Å². The third kappa shape index (κ3) is 4.63. The van der Waals surface area contributed by atoms with Crippen LogP contribution in [0.2, 0.25) is 0 Å². The first-order valence-corrected chi connectivity index (χ1v) is 9.52. The van der Waals surface area contributed by atoms with Gasteiger partial charge in [0.05, 0.1) is 21.7 Å². The second-order valence-corrected chi connectivity index (χ2v) is 7.94. The highest BCUT2D eigenvalue weighted by Crippen LogP contribution is 2.30. The smallest absolute Gasteiger partial charge is 0.299 e. The molecule has 0 bridgehead atoms. The van der Waals surface area contributed by atoms with Crippen LogP contribution in [-0.4, -0.2) is 47.5 Å². The topological polar surface area (TPSA) is 136 Å². The molecule has 0 saturated carbocycles. The summed E-state index contributed by atoms with van der Waals surface area (Å²) in [4.78, 5) is 20.6. The number of nitro groups is 2. The molecule has 1 aromatic rings. The Morgan fingerprint density at radius 1 is 1.20 bits per heavy atom. The fourth-order valence-electron chi connectivity index (χ4n) is 2.79. The molecule has 0 spiro atoms. The molecule has 2 rings (SSSR count). The van der Waals surface area contributed by atoms with Gasteiger partial charge in [0, 0.05) is 25.2 Å². The first kappa shape index (κ1) is 19.1. The maximum absolute atomic E-state index is 12.0. The van der Waals surface area contributed by atoms with E-state index in [4.69, 9.17) is 0 Å². The summed E-state index contributed by atoms with van der Waals surface area (Å²) in [5.41, 5.74) is -0.515. The number of hydrogen-bond donors (Lipinski definition) is 1. The van der Waals surface area contributed by atoms with Crippen LogP contribution in [0.1, 0.15) is 26.2 Å². The predicted octanol–water partition coefficient (Wildman–Crippen LogP) is 2.12. The number of non-ortho nitro benzene ring substituents is 1. The molecule has 0 aromatic heterocycles. The molecule has 0 atom stereocenters. The minimum atomic E-state index is -3.24. The molecular formula is C14H20N4O6S. The number of benzene rings is 1. The van der Waals surface area contributed by atoms with Gasteiger partial charge in [-0.05, 0) is 25.3 Å². The lowest BCUT2D eigenvalue weighted by molar-refractivity contribution is -0.393. The molecule has 25 heavy (non-hydrogen) atoms. The first-order valence-electron chi connectivity index (χ1n) is 7.91. The van der Waals surface area contributed by atoms with Crippen molar-refractivity contribution in [2.75, 3.05) is 24.2 Å². The van der Waals surface area contributed by atoms with Crippen molar-refractivity contribution in [3.63, 3.8) is 0 Å². The van der Waals surface area contributed by atoms with Gasteiger partial charge in [0.25, 0.3) is 11.4 Å². The highest BCUT2D eigenvalue weighted by molar-refractivity contribution is 7.89. The van der Waals surface area contributed by atoms with E-state index in [0.717, 1.165) is 6.07 Å². The summed E-state index contributed by atoms with van der Waals surface area (Å²) in [5, 5.41) is 24.9. The van der Waals surface area contributed by atoms with Gasteiger partial charge in [0.2, 0.25) is 10.0 Å². The van der Waals surface area contributed by atoms with E-state index in [1.54, 1.807) is 6.92 Å². The highest BCUT2D eigenvalue weighted by Gasteiger charge is 2.28. The Kier molecular flexibility index (Phi) is 5.90. The number of hydrogen-bond acceptors (Lipinski definition) is 7. The fourth-order valence-corrected chi connectivity index (χ4v) is 4.33. The van der Waals surface area contributed by atoms with E-state index in [-0.39, 0.29) is 28.9 Å². The molecule has 1 aliphatic rings. The summed E-state index contributed by atoms with van der Waals surface area (Å²) >= 11 is 0. The molecule has 0 amide bonds. The molecule has 1 aliphatic heterocycles. The largest absolute Gasteiger partial charge is 0.377 e. The average molecular weight is 372 g/mol. The third-order valence-electron chi connectivity index (χ3n) is 4.06. The molecular weight excluding hydrogens is 352 g/mol. The second-order valence-electron chi connectivity index (χ2n) is 5.85. The molecule has 1 aromatic carbocycles. The maximum Gasteiger partial charge on any atom is 0.299 e. The number of nitrogens with zero attached hydrogens (tertiary/aromatic N) is 3. The fraction of sp³-hybridized carbons (Fsp3) is 0.571. The Bertz CT molecular complexity index is 759. The lowest BCUT2D eigenvalue weighted by atomic mass is 10.1. The van der Waals surface area contributed by atoms with Crippen molar-refractivity contribution in [2.24, 2.45) is 0 Å². The van der Waals surface area contributed by atoms with Crippen LogP contribution in [0.4, 0.5) is 17.1 Å². The van der Waals surface area contributed by atoms with Gasteiger partial charge in [-0.25, -0.2) is 12.7 Å². The van der Waals surface area contributed by atoms with E-state index >= 15 is 0 Å². The summed E-state index contributed by atoms with van der Waals surface area (Å²) in [7, 11) is -3.24. The molecule has 0 radical (unpaired) electrons. The van der Waals surface area contributed by atoms with Crippen molar-refractivity contribution in [2.45, 2.75) is 32.2 Å². The summed E-state index contributed by atoms with van der Waals surface area (Å²) in [6.45, 7) is 2.50. The maximum atomic E-state index is 12.0. The predicted molar refractivity (Wildman–Crippen MR) is 92.0 cm³/mol. The Hall–Kier alpha value is -2.27. The number of piperidine rings is 1. The number of anilines is 1. The standard InChI is InChI=1S/C14H20N4O6S/c1-2-9-25(23,24)16-7-5-11(6-8-16)15-13-4-3-12(17(19)20)10-14(13)18(21)22/h3-4,10-11,15H,2,5-9H2,1H3. The van der Waals surface area contributed by atoms with Crippen LogP contribution in [0.25, 0.3) is 0 Å². The van der Waals surface area contributed by atoms with Crippen molar-refractivity contribution in [1.29, 1.82) is 0 Å². The van der Waals surface area contributed by atoms with Crippen LogP contribution in [0.5, 0.6) is 0 Å². The van der Waals surface area contributed by atoms with Crippen molar-refractivity contribution < 1.29 is 18.3 Å². The van der Waals surface area contributed by atoms with Crippen LogP contribution in [0.3, 0.4) is 0 Å². The van der Waals surface area contributed by atoms with E-state index in [1.165, 1.54) is 16.4 Å². The SMILES string of the molecule is CCCS(=O)(=O)N1CCC(Nc2ccc([N+](=O)[O-])cc2[N+](=O)[O-])CC1. The minimum absolute atomic E-state index is 0.110. The third-order valence-corrected chi connectivity index (χ3v) is 6.13. The van der Waals surface area contributed by atoms with E-state index in [0.29, 0.717) is 32.4 Å². The molecule has 1 heterocycles. The van der Waals surface area contributed by atoms with Crippen molar-refractivity contribution >= 4 is 27.1 Å². The van der Waals surface area contributed by atoms with Crippen molar-refractivity contribution in [1.82, 2.24) is 4.31 Å². The molecule has 10 nitrogen and oxygen atoms in total. The molecule has 11 heteroatoms. The van der Waals surface area contributed by atoms with Crippen molar-refractivity contribution in [3.05, 3.63) is 38.4 Å². The molecule has 0 aliphatic carbocycles. The summed E-state index contributed by atoms with van der Waals surface area (Å²) in [6.07, 6.45) is 1.57. The normalized spacial score (nSPS) is 16.5. The van der Waals surface area contributed by atoms with Gasteiger partial charge >= 0.3 is 0 Å². The van der Waals surface area contributed by atoms with Gasteiger partial charge in [0.15, 0.2) is 0 Å². The number of nitro benzene ring substituents is 2. The second kappa shape index (κ2) is 7.74. The molecule has 138 valence electrons. The zero-order chi connectivity index (χ0) is 18.6. The van der Waals surface area contributed by atoms with E-state index < -0.39 is 19.9 Å². The first-order chi connectivity index (χ1) is 11.7. The molecule has 1 N–H and O–H groups in total. The summed E-state index contributed by atoms with van der Waals surface area (Å²) < 4.78 is 25.5. The Balaban J connectivity index is 2.07. The van der Waals surface area contributed by atoms with Gasteiger partial charge < -0.3 is 5.32 Å². The highest BCUT2D eigenvalue weighted by atomic mass is 32.2. The molecule has 0 unspecified atom stereocenters. The Labute approximate surface area is 145 Å². The number of sulfonamides is 1. The van der Waals surface area contributed by atoms with Gasteiger partial charge in [-0.15, -0.1) is 0 Å². The van der Waals surface area contributed by atoms with Crippen LogP contribution >= 0.6 is 0 Å². The molecule has 1 saturated heterocycles. The zero-order valence-corrected chi connectivity index (χ0v) is 14.6. The quantitative estimate of drug-likeness (QED) is 0.572. The molecule has 1 fully saturated rings. The lowest BCUT2D eigenvalue weighted by Gasteiger charge is -2.32. The van der Waals surface area contributed by atoms with E-state index in [1.807, 2.05) is 0 Å². The van der Waals surface area contributed by atoms with Gasteiger partial charge in [-0.3, -0.25) is 20.2 Å². The zero-order valence-electron chi connectivity index (χ0n) is 13.8.